The normalized spacial score (nSPS) is 11.8. The lowest BCUT2D eigenvalue weighted by Gasteiger charge is -2.24. The first-order valence-electron chi connectivity index (χ1n) is 11.7. The Morgan fingerprint density at radius 3 is 2.24 bits per heavy atom. The summed E-state index contributed by atoms with van der Waals surface area (Å²) in [7, 11) is 1.36. The Labute approximate surface area is 202 Å². The van der Waals surface area contributed by atoms with Gasteiger partial charge in [0.25, 0.3) is 0 Å². The van der Waals surface area contributed by atoms with Gasteiger partial charge in [-0.05, 0) is 31.2 Å². The summed E-state index contributed by atoms with van der Waals surface area (Å²) in [5.74, 6) is -0.732. The molecule has 0 saturated carbocycles. The predicted molar refractivity (Wildman–Crippen MR) is 129 cm³/mol. The van der Waals surface area contributed by atoms with Crippen LogP contribution in [0.15, 0.2) is 30.3 Å². The molecule has 3 N–H and O–H groups in total. The molecule has 1 atom stereocenters. The third-order valence-electron chi connectivity index (χ3n) is 5.04. The molecule has 9 heteroatoms. The van der Waals surface area contributed by atoms with Crippen molar-refractivity contribution < 1.29 is 28.7 Å². The van der Waals surface area contributed by atoms with E-state index in [1.54, 1.807) is 20.8 Å². The molecule has 0 heterocycles. The van der Waals surface area contributed by atoms with Gasteiger partial charge in [-0.25, -0.2) is 4.79 Å². The number of benzene rings is 1. The van der Waals surface area contributed by atoms with E-state index in [4.69, 9.17) is 4.74 Å². The Bertz CT molecular complexity index is 777. The smallest absolute Gasteiger partial charge is 0.407 e. The molecule has 0 aromatic heterocycles. The molecular formula is C25H39N3O6. The molecule has 9 nitrogen and oxygen atoms in total. The van der Waals surface area contributed by atoms with Crippen LogP contribution in [0.2, 0.25) is 0 Å². The molecule has 3 amide bonds. The molecule has 0 aliphatic carbocycles. The molecule has 0 radical (unpaired) electrons. The highest BCUT2D eigenvalue weighted by atomic mass is 16.5. The molecule has 0 saturated heterocycles. The quantitative estimate of drug-likeness (QED) is 0.280. The molecule has 0 fully saturated rings. The molecular weight excluding hydrogens is 438 g/mol. The van der Waals surface area contributed by atoms with Crippen LogP contribution in [0, 0.1) is 5.41 Å². The van der Waals surface area contributed by atoms with Crippen LogP contribution in [0.1, 0.15) is 64.9 Å². The van der Waals surface area contributed by atoms with Crippen molar-refractivity contribution >= 4 is 23.9 Å². The number of amides is 3. The van der Waals surface area contributed by atoms with Crippen LogP contribution in [-0.2, 0) is 30.5 Å². The van der Waals surface area contributed by atoms with Gasteiger partial charge in [-0.1, -0.05) is 57.5 Å². The maximum atomic E-state index is 12.7. The maximum Gasteiger partial charge on any atom is 0.407 e. The number of methoxy groups -OCH3 is 1. The van der Waals surface area contributed by atoms with Crippen molar-refractivity contribution in [2.75, 3.05) is 20.2 Å². The first-order chi connectivity index (χ1) is 16.1. The first kappa shape index (κ1) is 28.9. The predicted octanol–water partition coefficient (Wildman–Crippen LogP) is 3.07. The highest BCUT2D eigenvalue weighted by Crippen LogP contribution is 2.14. The van der Waals surface area contributed by atoms with Crippen LogP contribution >= 0.6 is 0 Å². The second-order valence-corrected chi connectivity index (χ2v) is 9.08. The van der Waals surface area contributed by atoms with Crippen molar-refractivity contribution in [3.8, 4) is 0 Å². The van der Waals surface area contributed by atoms with Crippen LogP contribution in [0.25, 0.3) is 0 Å². The van der Waals surface area contributed by atoms with Gasteiger partial charge in [0.1, 0.15) is 12.6 Å². The van der Waals surface area contributed by atoms with Crippen molar-refractivity contribution in [3.05, 3.63) is 35.9 Å². The van der Waals surface area contributed by atoms with E-state index >= 15 is 0 Å². The van der Waals surface area contributed by atoms with Crippen molar-refractivity contribution in [1.29, 1.82) is 0 Å². The summed E-state index contributed by atoms with van der Waals surface area (Å²) >= 11 is 0. The fourth-order valence-electron chi connectivity index (χ4n) is 2.92. The molecule has 0 bridgehead atoms. The van der Waals surface area contributed by atoms with E-state index in [2.05, 4.69) is 20.7 Å². The van der Waals surface area contributed by atoms with Gasteiger partial charge in [0.15, 0.2) is 0 Å². The Morgan fingerprint density at radius 1 is 0.912 bits per heavy atom. The van der Waals surface area contributed by atoms with Gasteiger partial charge >= 0.3 is 12.1 Å². The number of alkyl carbamates (subject to hydrolysis) is 1. The monoisotopic (exact) mass is 477 g/mol. The topological polar surface area (TPSA) is 123 Å². The van der Waals surface area contributed by atoms with E-state index < -0.39 is 17.6 Å². The van der Waals surface area contributed by atoms with Gasteiger partial charge in [0.2, 0.25) is 11.8 Å². The Morgan fingerprint density at radius 2 is 1.59 bits per heavy atom. The number of carbonyl (C=O) groups is 4. The van der Waals surface area contributed by atoms with Crippen molar-refractivity contribution in [3.63, 3.8) is 0 Å². The average molecular weight is 478 g/mol. The van der Waals surface area contributed by atoms with Crippen LogP contribution in [0.4, 0.5) is 4.79 Å². The molecule has 190 valence electrons. The summed E-state index contributed by atoms with van der Waals surface area (Å²) in [4.78, 5) is 48.1. The second-order valence-electron chi connectivity index (χ2n) is 9.08. The lowest BCUT2D eigenvalue weighted by atomic mass is 9.94. The van der Waals surface area contributed by atoms with Gasteiger partial charge in [-0.2, -0.15) is 0 Å². The lowest BCUT2D eigenvalue weighted by Crippen LogP contribution is -2.50. The molecule has 1 aromatic rings. The van der Waals surface area contributed by atoms with E-state index in [-0.39, 0.29) is 24.4 Å². The minimum Gasteiger partial charge on any atom is -0.469 e. The number of nitrogens with one attached hydrogen (secondary N) is 3. The number of unbranched alkanes of at least 4 members (excludes halogenated alkanes) is 2. The van der Waals surface area contributed by atoms with Crippen LogP contribution < -0.4 is 16.0 Å². The van der Waals surface area contributed by atoms with E-state index in [9.17, 15) is 19.2 Å². The number of rotatable bonds is 14. The summed E-state index contributed by atoms with van der Waals surface area (Å²) in [6.45, 7) is 6.29. The fourth-order valence-corrected chi connectivity index (χ4v) is 2.92. The number of esters is 1. The summed E-state index contributed by atoms with van der Waals surface area (Å²) in [5, 5.41) is 8.33. The molecule has 0 spiro atoms. The standard InChI is InChI=1S/C25H39N3O6/c1-25(2,3)23(31)28-20(22(30)26-16-10-6-9-15-21(29)33-4)14-11-17-27-24(32)34-18-19-12-7-5-8-13-19/h5,7-8,12-13,20H,6,9-11,14-18H2,1-4H3,(H,26,30)(H,27,32)(H,28,31)/t20-/m0/s1. The fraction of sp³-hybridized carbons (Fsp3) is 0.600. The first-order valence-corrected chi connectivity index (χ1v) is 11.7. The van der Waals surface area contributed by atoms with Crippen LogP contribution in [-0.4, -0.2) is 50.1 Å². The second kappa shape index (κ2) is 15.7. The van der Waals surface area contributed by atoms with Gasteiger partial charge in [-0.15, -0.1) is 0 Å². The summed E-state index contributed by atoms with van der Waals surface area (Å²) < 4.78 is 9.77. The van der Waals surface area contributed by atoms with Crippen molar-refractivity contribution in [2.24, 2.45) is 5.41 Å². The van der Waals surface area contributed by atoms with E-state index in [1.807, 2.05) is 30.3 Å². The van der Waals surface area contributed by atoms with E-state index in [0.717, 1.165) is 18.4 Å². The van der Waals surface area contributed by atoms with Crippen molar-refractivity contribution in [1.82, 2.24) is 16.0 Å². The molecule has 34 heavy (non-hydrogen) atoms. The maximum absolute atomic E-state index is 12.7. The zero-order valence-corrected chi connectivity index (χ0v) is 20.8. The third-order valence-corrected chi connectivity index (χ3v) is 5.04. The lowest BCUT2D eigenvalue weighted by molar-refractivity contribution is -0.140. The Hall–Kier alpha value is -3.10. The highest BCUT2D eigenvalue weighted by Gasteiger charge is 2.27. The molecule has 1 rings (SSSR count). The summed E-state index contributed by atoms with van der Waals surface area (Å²) in [6.07, 6.45) is 2.88. The SMILES string of the molecule is COC(=O)CCCCCNC(=O)[C@H](CCCNC(=O)OCc1ccccc1)NC(=O)C(C)(C)C. The van der Waals surface area contributed by atoms with E-state index in [0.29, 0.717) is 38.8 Å². The van der Waals surface area contributed by atoms with Crippen molar-refractivity contribution in [2.45, 2.75) is 71.9 Å². The highest BCUT2D eigenvalue weighted by molar-refractivity contribution is 5.89. The number of ether oxygens (including phenoxy) is 2. The minimum atomic E-state index is -0.705. The summed E-state index contributed by atoms with van der Waals surface area (Å²) in [6, 6.07) is 8.66. The molecule has 0 unspecified atom stereocenters. The largest absolute Gasteiger partial charge is 0.469 e. The van der Waals surface area contributed by atoms with Gasteiger partial charge < -0.3 is 25.4 Å². The van der Waals surface area contributed by atoms with Gasteiger partial charge in [-0.3, -0.25) is 14.4 Å². The zero-order chi connectivity index (χ0) is 25.4. The number of hydrogen-bond acceptors (Lipinski definition) is 6. The number of carbonyl (C=O) groups excluding carboxylic acids is 4. The number of hydrogen-bond donors (Lipinski definition) is 3. The Kier molecular flexibility index (Phi) is 13.3. The summed E-state index contributed by atoms with van der Waals surface area (Å²) in [5.41, 5.74) is 0.260. The molecule has 0 aliphatic heterocycles. The van der Waals surface area contributed by atoms with Gasteiger partial charge in [0.05, 0.1) is 7.11 Å². The van der Waals surface area contributed by atoms with Crippen LogP contribution in [0.5, 0.6) is 0 Å². The van der Waals surface area contributed by atoms with E-state index in [1.165, 1.54) is 7.11 Å². The molecule has 0 aliphatic rings. The molecule has 1 aromatic carbocycles. The Balaban J connectivity index is 2.40. The zero-order valence-electron chi connectivity index (χ0n) is 20.8. The third kappa shape index (κ3) is 12.8. The van der Waals surface area contributed by atoms with Crippen LogP contribution in [0.3, 0.4) is 0 Å². The minimum absolute atomic E-state index is 0.180. The average Bonchev–Trinajstić information content (AvgIpc) is 2.81. The van der Waals surface area contributed by atoms with Gasteiger partial charge in [0, 0.05) is 24.9 Å².